The smallest absolute Gasteiger partial charge is 0.256 e. The number of hydrogen-bond donors (Lipinski definition) is 1. The summed E-state index contributed by atoms with van der Waals surface area (Å²) in [5.74, 6) is -0.277. The highest BCUT2D eigenvalue weighted by atomic mass is 32.2. The third kappa shape index (κ3) is 6.09. The largest absolute Gasteiger partial charge is 0.313 e. The molecule has 0 radical (unpaired) electrons. The minimum Gasteiger partial charge on any atom is -0.313 e. The van der Waals surface area contributed by atoms with Crippen LogP contribution in [0.1, 0.15) is 54.1 Å². The van der Waals surface area contributed by atoms with Crippen LogP contribution in [-0.4, -0.2) is 47.1 Å². The Morgan fingerprint density at radius 1 is 0.955 bits per heavy atom. The molecule has 1 amide bonds. The van der Waals surface area contributed by atoms with Gasteiger partial charge in [0, 0.05) is 47.7 Å². The van der Waals surface area contributed by atoms with Crippen LogP contribution in [0.15, 0.2) is 83.8 Å². The predicted octanol–water partition coefficient (Wildman–Crippen LogP) is 7.64. The summed E-state index contributed by atoms with van der Waals surface area (Å²) in [4.78, 5) is 22.4. The first-order chi connectivity index (χ1) is 21.1. The van der Waals surface area contributed by atoms with Gasteiger partial charge in [-0.15, -0.1) is 22.7 Å². The number of anilines is 1. The first-order valence-corrected chi connectivity index (χ1v) is 17.9. The summed E-state index contributed by atoms with van der Waals surface area (Å²) in [6.07, 6.45) is 0.896. The molecule has 0 atom stereocenters. The second-order valence-corrected chi connectivity index (χ2v) is 15.6. The van der Waals surface area contributed by atoms with E-state index in [1.54, 1.807) is 34.8 Å². The zero-order valence-corrected chi connectivity index (χ0v) is 27.7. The molecule has 0 spiro atoms. The molecule has 5 aromatic rings. The summed E-state index contributed by atoms with van der Waals surface area (Å²) in [7, 11) is -3.78. The Kier molecular flexibility index (Phi) is 8.72. The molecule has 0 saturated heterocycles. The maximum atomic E-state index is 13.6. The van der Waals surface area contributed by atoms with E-state index in [-0.39, 0.29) is 23.4 Å². The van der Waals surface area contributed by atoms with E-state index in [4.69, 9.17) is 4.98 Å². The first-order valence-electron chi connectivity index (χ1n) is 14.8. The number of carbonyl (C=O) groups excluding carboxylic acids is 1. The third-order valence-electron chi connectivity index (χ3n) is 8.03. The number of fused-ring (bicyclic) bond motifs is 2. The Bertz CT molecular complexity index is 1860. The number of thiophene rings is 1. The molecule has 1 N–H and O–H groups in total. The number of nitrogens with one attached hydrogen (secondary N) is 1. The lowest BCUT2D eigenvalue weighted by Gasteiger charge is -2.30. The van der Waals surface area contributed by atoms with Crippen molar-refractivity contribution in [1.82, 2.24) is 14.2 Å². The van der Waals surface area contributed by atoms with Crippen LogP contribution < -0.4 is 5.32 Å². The van der Waals surface area contributed by atoms with Gasteiger partial charge >= 0.3 is 0 Å². The van der Waals surface area contributed by atoms with Crippen LogP contribution in [0, 0.1) is 0 Å². The van der Waals surface area contributed by atoms with Gasteiger partial charge in [0.25, 0.3) is 5.91 Å². The van der Waals surface area contributed by atoms with Crippen molar-refractivity contribution in [2.75, 3.05) is 11.9 Å². The Morgan fingerprint density at radius 3 is 2.34 bits per heavy atom. The average Bonchev–Trinajstić information content (AvgIpc) is 3.60. The van der Waals surface area contributed by atoms with Crippen molar-refractivity contribution in [3.8, 4) is 10.6 Å². The summed E-state index contributed by atoms with van der Waals surface area (Å²) in [5.41, 5.74) is 4.53. The van der Waals surface area contributed by atoms with Crippen molar-refractivity contribution in [3.05, 3.63) is 100 Å². The van der Waals surface area contributed by atoms with Gasteiger partial charge in [0.2, 0.25) is 10.0 Å². The van der Waals surface area contributed by atoms with E-state index >= 15 is 0 Å². The Morgan fingerprint density at radius 2 is 1.66 bits per heavy atom. The quantitative estimate of drug-likeness (QED) is 0.178. The van der Waals surface area contributed by atoms with Crippen LogP contribution in [0.25, 0.3) is 20.8 Å². The molecule has 1 aliphatic heterocycles. The van der Waals surface area contributed by atoms with Gasteiger partial charge in [-0.1, -0.05) is 42.5 Å². The van der Waals surface area contributed by atoms with Crippen LogP contribution in [-0.2, 0) is 29.5 Å². The Labute approximate surface area is 267 Å². The molecule has 0 fully saturated rings. The summed E-state index contributed by atoms with van der Waals surface area (Å²) in [5, 5.41) is 4.87. The molecule has 0 bridgehead atoms. The van der Waals surface area contributed by atoms with E-state index in [0.29, 0.717) is 11.6 Å². The lowest BCUT2D eigenvalue weighted by Crippen LogP contribution is -2.36. The highest BCUT2D eigenvalue weighted by Crippen LogP contribution is 2.46. The fourth-order valence-electron chi connectivity index (χ4n) is 5.55. The number of sulfonamides is 1. The van der Waals surface area contributed by atoms with Gasteiger partial charge in [-0.3, -0.25) is 9.69 Å². The highest BCUT2D eigenvalue weighted by Gasteiger charge is 2.30. The molecule has 3 aromatic carbocycles. The molecule has 6 rings (SSSR count). The van der Waals surface area contributed by atoms with Crippen molar-refractivity contribution < 1.29 is 13.2 Å². The number of amides is 1. The van der Waals surface area contributed by atoms with E-state index in [0.717, 1.165) is 50.9 Å². The monoisotopic (exact) mass is 644 g/mol. The highest BCUT2D eigenvalue weighted by molar-refractivity contribution is 7.89. The van der Waals surface area contributed by atoms with Crippen LogP contribution in [0.3, 0.4) is 0 Å². The number of thiazole rings is 1. The van der Waals surface area contributed by atoms with Crippen molar-refractivity contribution >= 4 is 53.8 Å². The molecule has 0 aliphatic carbocycles. The molecule has 0 unspecified atom stereocenters. The van der Waals surface area contributed by atoms with Crippen molar-refractivity contribution in [2.24, 2.45) is 0 Å². The maximum absolute atomic E-state index is 13.6. The van der Waals surface area contributed by atoms with E-state index < -0.39 is 10.0 Å². The van der Waals surface area contributed by atoms with Gasteiger partial charge in [-0.05, 0) is 81.6 Å². The van der Waals surface area contributed by atoms with Gasteiger partial charge < -0.3 is 5.32 Å². The number of nitrogens with zero attached hydrogens (tertiary/aromatic N) is 3. The van der Waals surface area contributed by atoms with Crippen LogP contribution in [0.2, 0.25) is 0 Å². The molecule has 3 heterocycles. The Hall–Kier alpha value is -3.41. The number of carbonyl (C=O) groups is 1. The molecular formula is C34H36N4O3S3. The topological polar surface area (TPSA) is 82.6 Å². The average molecular weight is 645 g/mol. The normalized spacial score (nSPS) is 14.1. The van der Waals surface area contributed by atoms with Crippen molar-refractivity contribution in [2.45, 2.75) is 64.2 Å². The summed E-state index contributed by atoms with van der Waals surface area (Å²) in [6.45, 7) is 10.2. The number of rotatable bonds is 9. The number of para-hydroxylation sites is 1. The lowest BCUT2D eigenvalue weighted by atomic mass is 10.0. The fraction of sp³-hybridized carbons (Fsp3) is 0.294. The van der Waals surface area contributed by atoms with Crippen LogP contribution in [0.5, 0.6) is 0 Å². The molecular weight excluding hydrogens is 609 g/mol. The van der Waals surface area contributed by atoms with E-state index in [1.165, 1.54) is 26.9 Å². The first kappa shape index (κ1) is 30.6. The number of aromatic nitrogens is 1. The van der Waals surface area contributed by atoms with Gasteiger partial charge in [0.1, 0.15) is 10.0 Å². The van der Waals surface area contributed by atoms with Gasteiger partial charge in [0.15, 0.2) is 0 Å². The van der Waals surface area contributed by atoms with Gasteiger partial charge in [-0.2, -0.15) is 4.31 Å². The fourth-order valence-corrected chi connectivity index (χ4v) is 9.56. The van der Waals surface area contributed by atoms with E-state index in [1.807, 2.05) is 62.4 Å². The molecule has 44 heavy (non-hydrogen) atoms. The Balaban J connectivity index is 1.28. The molecule has 228 valence electrons. The van der Waals surface area contributed by atoms with E-state index in [2.05, 4.69) is 30.1 Å². The van der Waals surface area contributed by atoms with E-state index in [9.17, 15) is 13.2 Å². The summed E-state index contributed by atoms with van der Waals surface area (Å²) in [6, 6.07) is 24.1. The second-order valence-electron chi connectivity index (χ2n) is 11.6. The zero-order valence-electron chi connectivity index (χ0n) is 25.3. The van der Waals surface area contributed by atoms with Crippen LogP contribution in [0.4, 0.5) is 5.00 Å². The number of benzene rings is 3. The maximum Gasteiger partial charge on any atom is 0.256 e. The van der Waals surface area contributed by atoms with Crippen molar-refractivity contribution in [1.29, 1.82) is 0 Å². The summed E-state index contributed by atoms with van der Waals surface area (Å²) >= 11 is 3.26. The molecule has 1 aliphatic rings. The summed E-state index contributed by atoms with van der Waals surface area (Å²) < 4.78 is 29.9. The standard InChI is InChI=1S/C34H36N4O3S3/c1-22(2)37-19-18-27-30(21-37)43-34(31(27)33-35-28-12-8-9-13-29(28)42-33)36-32(39)25-14-16-26(17-15-25)44(40,41)38(23(3)4)20-24-10-6-5-7-11-24/h5-17,22-23H,18-21H2,1-4H3,(H,36,39). The minimum absolute atomic E-state index is 0.161. The molecule has 2 aromatic heterocycles. The molecule has 7 nitrogen and oxygen atoms in total. The van der Waals surface area contributed by atoms with Gasteiger partial charge in [-0.25, -0.2) is 13.4 Å². The van der Waals surface area contributed by atoms with Crippen LogP contribution >= 0.6 is 22.7 Å². The van der Waals surface area contributed by atoms with Gasteiger partial charge in [0.05, 0.1) is 15.1 Å². The number of hydrogen-bond acceptors (Lipinski definition) is 7. The third-order valence-corrected chi connectivity index (χ3v) is 12.3. The van der Waals surface area contributed by atoms with Crippen molar-refractivity contribution in [3.63, 3.8) is 0 Å². The SMILES string of the molecule is CC(C)N1CCc2c(sc(NC(=O)c3ccc(S(=O)(=O)N(Cc4ccccc4)C(C)C)cc3)c2-c2nc3ccccc3s2)C1. The lowest BCUT2D eigenvalue weighted by molar-refractivity contribution is 0.102. The predicted molar refractivity (Wildman–Crippen MR) is 181 cm³/mol. The zero-order chi connectivity index (χ0) is 31.0. The second kappa shape index (κ2) is 12.5. The molecule has 0 saturated carbocycles. The molecule has 10 heteroatoms. The minimum atomic E-state index is -3.78.